The van der Waals surface area contributed by atoms with Gasteiger partial charge in [-0.15, -0.1) is 5.10 Å². The van der Waals surface area contributed by atoms with Gasteiger partial charge in [0, 0.05) is 11.8 Å². The van der Waals surface area contributed by atoms with E-state index in [9.17, 15) is 13.2 Å². The van der Waals surface area contributed by atoms with Crippen LogP contribution in [0.2, 0.25) is 5.02 Å². The van der Waals surface area contributed by atoms with E-state index in [-0.39, 0.29) is 16.5 Å². The van der Waals surface area contributed by atoms with Crippen molar-refractivity contribution in [2.45, 2.75) is 4.90 Å². The molecule has 32 heavy (non-hydrogen) atoms. The summed E-state index contributed by atoms with van der Waals surface area (Å²) in [5, 5.41) is 19.4. The quantitative estimate of drug-likeness (QED) is 0.370. The molecule has 0 saturated carbocycles. The standard InChI is InChI=1S/C19H15ClN8O3S/c20-15-8-5-12(10-16(15)21)28-18(25-26-27-28)19(29)24-17-14(2-1-9-23-17)11-3-6-13(7-4-11)32(22,30)31/h1-10H,21H2,(H2,22,30,31)(H,23,24,29). The summed E-state index contributed by atoms with van der Waals surface area (Å²) >= 11 is 5.95. The number of benzene rings is 2. The van der Waals surface area contributed by atoms with Crippen LogP contribution < -0.4 is 16.2 Å². The van der Waals surface area contributed by atoms with Gasteiger partial charge in [-0.2, -0.15) is 4.68 Å². The Balaban J connectivity index is 1.65. The third-order valence-corrected chi connectivity index (χ3v) is 5.70. The molecular weight excluding hydrogens is 456 g/mol. The van der Waals surface area contributed by atoms with E-state index in [4.69, 9.17) is 22.5 Å². The van der Waals surface area contributed by atoms with Crippen molar-refractivity contribution in [1.29, 1.82) is 0 Å². The lowest BCUT2D eigenvalue weighted by Gasteiger charge is -2.11. The van der Waals surface area contributed by atoms with E-state index in [1.165, 1.54) is 29.1 Å². The Morgan fingerprint density at radius 1 is 1.09 bits per heavy atom. The van der Waals surface area contributed by atoms with Gasteiger partial charge in [0.05, 0.1) is 21.3 Å². The fraction of sp³-hybridized carbons (Fsp3) is 0. The molecule has 2 aromatic carbocycles. The molecule has 2 aromatic heterocycles. The van der Waals surface area contributed by atoms with Crippen molar-refractivity contribution in [1.82, 2.24) is 25.2 Å². The molecular formula is C19H15ClN8O3S. The fourth-order valence-electron chi connectivity index (χ4n) is 2.89. The summed E-state index contributed by atoms with van der Waals surface area (Å²) in [5.74, 6) is -0.497. The molecule has 5 N–H and O–H groups in total. The van der Waals surface area contributed by atoms with E-state index < -0.39 is 15.9 Å². The predicted octanol–water partition coefficient (Wildman–Crippen LogP) is 1.86. The van der Waals surface area contributed by atoms with Crippen molar-refractivity contribution in [3.05, 3.63) is 71.6 Å². The Bertz CT molecular complexity index is 1420. The van der Waals surface area contributed by atoms with Crippen LogP contribution in [-0.4, -0.2) is 39.5 Å². The van der Waals surface area contributed by atoms with Crippen LogP contribution in [0.1, 0.15) is 10.6 Å². The molecule has 13 heteroatoms. The third-order valence-electron chi connectivity index (χ3n) is 4.43. The highest BCUT2D eigenvalue weighted by molar-refractivity contribution is 7.89. The van der Waals surface area contributed by atoms with Crippen LogP contribution >= 0.6 is 11.6 Å². The second kappa shape index (κ2) is 8.34. The van der Waals surface area contributed by atoms with E-state index >= 15 is 0 Å². The second-order valence-electron chi connectivity index (χ2n) is 6.54. The van der Waals surface area contributed by atoms with E-state index in [2.05, 4.69) is 25.8 Å². The van der Waals surface area contributed by atoms with Crippen LogP contribution in [-0.2, 0) is 10.0 Å². The average molecular weight is 471 g/mol. The normalized spacial score (nSPS) is 11.3. The minimum Gasteiger partial charge on any atom is -0.397 e. The molecule has 0 atom stereocenters. The summed E-state index contributed by atoms with van der Waals surface area (Å²) in [4.78, 5) is 17.1. The summed E-state index contributed by atoms with van der Waals surface area (Å²) in [6, 6.07) is 14.0. The van der Waals surface area contributed by atoms with Gasteiger partial charge < -0.3 is 11.1 Å². The Morgan fingerprint density at radius 2 is 1.84 bits per heavy atom. The molecule has 0 spiro atoms. The number of aromatic nitrogens is 5. The van der Waals surface area contributed by atoms with Gasteiger partial charge >= 0.3 is 0 Å². The summed E-state index contributed by atoms with van der Waals surface area (Å²) in [6.07, 6.45) is 1.50. The van der Waals surface area contributed by atoms with Crippen molar-refractivity contribution < 1.29 is 13.2 Å². The Hall–Kier alpha value is -3.87. The van der Waals surface area contributed by atoms with E-state index in [1.807, 2.05) is 0 Å². The molecule has 0 saturated heterocycles. The van der Waals surface area contributed by atoms with E-state index in [0.29, 0.717) is 27.5 Å². The van der Waals surface area contributed by atoms with Crippen molar-refractivity contribution in [2.24, 2.45) is 5.14 Å². The Labute approximate surface area is 187 Å². The minimum absolute atomic E-state index is 0.0304. The fourth-order valence-corrected chi connectivity index (χ4v) is 3.52. The summed E-state index contributed by atoms with van der Waals surface area (Å²) in [6.45, 7) is 0. The number of nitrogens with two attached hydrogens (primary N) is 2. The zero-order valence-corrected chi connectivity index (χ0v) is 17.7. The number of anilines is 2. The molecule has 4 rings (SSSR count). The van der Waals surface area contributed by atoms with Crippen molar-refractivity contribution in [3.63, 3.8) is 0 Å². The summed E-state index contributed by atoms with van der Waals surface area (Å²) in [5.41, 5.74) is 7.75. The number of halogens is 1. The smallest absolute Gasteiger partial charge is 0.296 e. The number of primary sulfonamides is 1. The van der Waals surface area contributed by atoms with Gasteiger partial charge in [-0.05, 0) is 58.5 Å². The topological polar surface area (TPSA) is 172 Å². The van der Waals surface area contributed by atoms with Crippen LogP contribution in [0.3, 0.4) is 0 Å². The van der Waals surface area contributed by atoms with Gasteiger partial charge in [-0.25, -0.2) is 18.5 Å². The lowest BCUT2D eigenvalue weighted by atomic mass is 10.1. The maximum absolute atomic E-state index is 12.9. The number of rotatable bonds is 5. The largest absolute Gasteiger partial charge is 0.397 e. The Kier molecular flexibility index (Phi) is 5.57. The monoisotopic (exact) mass is 470 g/mol. The zero-order valence-electron chi connectivity index (χ0n) is 16.2. The highest BCUT2D eigenvalue weighted by Crippen LogP contribution is 2.27. The van der Waals surface area contributed by atoms with Crippen molar-refractivity contribution >= 4 is 39.0 Å². The van der Waals surface area contributed by atoms with Crippen LogP contribution in [0.25, 0.3) is 16.8 Å². The van der Waals surface area contributed by atoms with Crippen LogP contribution in [0.5, 0.6) is 0 Å². The van der Waals surface area contributed by atoms with Crippen LogP contribution in [0, 0.1) is 0 Å². The van der Waals surface area contributed by atoms with Gasteiger partial charge in [0.25, 0.3) is 5.91 Å². The van der Waals surface area contributed by atoms with Crippen LogP contribution in [0.15, 0.2) is 65.7 Å². The molecule has 162 valence electrons. The first-order chi connectivity index (χ1) is 15.2. The van der Waals surface area contributed by atoms with Crippen molar-refractivity contribution in [3.8, 4) is 16.8 Å². The minimum atomic E-state index is -3.82. The number of nitrogen functional groups attached to an aromatic ring is 1. The molecule has 0 fully saturated rings. The van der Waals surface area contributed by atoms with E-state index in [0.717, 1.165) is 0 Å². The maximum Gasteiger partial charge on any atom is 0.296 e. The molecule has 2 heterocycles. The first-order valence-electron chi connectivity index (χ1n) is 8.97. The van der Waals surface area contributed by atoms with Gasteiger partial charge in [0.15, 0.2) is 0 Å². The second-order valence-corrected chi connectivity index (χ2v) is 8.51. The summed E-state index contributed by atoms with van der Waals surface area (Å²) < 4.78 is 24.2. The first kappa shape index (κ1) is 21.4. The molecule has 0 unspecified atom stereocenters. The molecule has 0 aliphatic rings. The van der Waals surface area contributed by atoms with Gasteiger partial charge in [-0.1, -0.05) is 23.7 Å². The molecule has 0 aliphatic heterocycles. The van der Waals surface area contributed by atoms with Gasteiger partial charge in [-0.3, -0.25) is 4.79 Å². The molecule has 0 bridgehead atoms. The lowest BCUT2D eigenvalue weighted by molar-refractivity contribution is 0.101. The number of pyridine rings is 1. The Morgan fingerprint density at radius 3 is 2.53 bits per heavy atom. The highest BCUT2D eigenvalue weighted by atomic mass is 35.5. The highest BCUT2D eigenvalue weighted by Gasteiger charge is 2.20. The molecule has 4 aromatic rings. The number of carbonyl (C=O) groups is 1. The third kappa shape index (κ3) is 4.27. The zero-order chi connectivity index (χ0) is 22.9. The van der Waals surface area contributed by atoms with Crippen LogP contribution in [0.4, 0.5) is 11.5 Å². The average Bonchev–Trinajstić information content (AvgIpc) is 3.26. The predicted molar refractivity (Wildman–Crippen MR) is 118 cm³/mol. The molecule has 11 nitrogen and oxygen atoms in total. The number of hydrogen-bond donors (Lipinski definition) is 3. The number of carbonyl (C=O) groups excluding carboxylic acids is 1. The van der Waals surface area contributed by atoms with Crippen molar-refractivity contribution in [2.75, 3.05) is 11.1 Å². The maximum atomic E-state index is 12.9. The number of nitrogens with zero attached hydrogens (tertiary/aromatic N) is 5. The number of hydrogen-bond acceptors (Lipinski definition) is 8. The number of nitrogens with one attached hydrogen (secondary N) is 1. The number of amides is 1. The van der Waals surface area contributed by atoms with E-state index in [1.54, 1.807) is 36.4 Å². The summed E-state index contributed by atoms with van der Waals surface area (Å²) in [7, 11) is -3.82. The van der Waals surface area contributed by atoms with Gasteiger partial charge in [0.1, 0.15) is 5.82 Å². The lowest BCUT2D eigenvalue weighted by Crippen LogP contribution is -2.19. The SMILES string of the molecule is Nc1cc(-n2nnnc2C(=O)Nc2ncccc2-c2ccc(S(N)(=O)=O)cc2)ccc1Cl. The number of sulfonamides is 1. The molecule has 1 amide bonds. The first-order valence-corrected chi connectivity index (χ1v) is 10.9. The van der Waals surface area contributed by atoms with Gasteiger partial charge in [0.2, 0.25) is 15.8 Å². The molecule has 0 radical (unpaired) electrons. The molecule has 0 aliphatic carbocycles. The number of tetrazole rings is 1.